The Kier molecular flexibility index (Phi) is 3.20. The maximum absolute atomic E-state index is 13.3. The molecule has 5 nitrogen and oxygen atoms in total. The summed E-state index contributed by atoms with van der Waals surface area (Å²) in [6.07, 6.45) is -1.98. The molecule has 0 aromatic heterocycles. The maximum Gasteiger partial charge on any atom is 0.396 e. The zero-order chi connectivity index (χ0) is 16.3. The van der Waals surface area contributed by atoms with Gasteiger partial charge in [-0.25, -0.2) is 4.79 Å². The molecule has 130 valence electrons. The van der Waals surface area contributed by atoms with Crippen LogP contribution in [0.3, 0.4) is 0 Å². The van der Waals surface area contributed by atoms with Gasteiger partial charge >= 0.3 is 12.2 Å². The van der Waals surface area contributed by atoms with Gasteiger partial charge in [0.05, 0.1) is 18.6 Å². The van der Waals surface area contributed by atoms with Crippen molar-refractivity contribution in [2.24, 2.45) is 16.2 Å². The van der Waals surface area contributed by atoms with E-state index in [0.29, 0.717) is 32.8 Å². The molecule has 0 aromatic carbocycles. The van der Waals surface area contributed by atoms with E-state index in [2.05, 4.69) is 10.6 Å². The molecule has 2 aliphatic carbocycles. The molecule has 0 aromatic rings. The number of nitrogens with one attached hydrogen (secondary N) is 2. The Morgan fingerprint density at radius 1 is 1.30 bits per heavy atom. The summed E-state index contributed by atoms with van der Waals surface area (Å²) < 4.78 is 45.4. The number of hydrogen-bond donors (Lipinski definition) is 2. The van der Waals surface area contributed by atoms with Crippen LogP contribution in [0.2, 0.25) is 0 Å². The second kappa shape index (κ2) is 4.75. The number of hydrogen-bond acceptors (Lipinski definition) is 3. The largest absolute Gasteiger partial charge is 0.396 e. The minimum Gasteiger partial charge on any atom is -0.379 e. The fourth-order valence-corrected chi connectivity index (χ4v) is 4.33. The van der Waals surface area contributed by atoms with Gasteiger partial charge in [0.25, 0.3) is 0 Å². The topological polar surface area (TPSA) is 53.6 Å². The molecule has 4 fully saturated rings. The molecular formula is C15H22F3N3O2. The van der Waals surface area contributed by atoms with Crippen LogP contribution in [-0.4, -0.2) is 63.0 Å². The molecule has 8 heteroatoms. The lowest BCUT2D eigenvalue weighted by Crippen LogP contribution is -2.46. The van der Waals surface area contributed by atoms with Crippen LogP contribution in [0.4, 0.5) is 18.0 Å². The second-order valence-electron chi connectivity index (χ2n) is 7.77. The van der Waals surface area contributed by atoms with E-state index in [0.717, 1.165) is 12.8 Å². The van der Waals surface area contributed by atoms with E-state index < -0.39 is 17.0 Å². The number of halogens is 3. The molecular weight excluding hydrogens is 311 g/mol. The highest BCUT2D eigenvalue weighted by Crippen LogP contribution is 2.72. The van der Waals surface area contributed by atoms with Crippen LogP contribution < -0.4 is 10.6 Å². The second-order valence-corrected chi connectivity index (χ2v) is 7.77. The zero-order valence-electron chi connectivity index (χ0n) is 13.0. The van der Waals surface area contributed by atoms with Gasteiger partial charge in [0.1, 0.15) is 0 Å². The molecule has 0 bridgehead atoms. The number of carbonyl (C=O) groups is 1. The summed E-state index contributed by atoms with van der Waals surface area (Å²) in [6, 6.07) is -0.258. The molecule has 2 atom stereocenters. The van der Waals surface area contributed by atoms with E-state index in [1.54, 1.807) is 4.90 Å². The molecule has 23 heavy (non-hydrogen) atoms. The molecule has 2 saturated carbocycles. The van der Waals surface area contributed by atoms with Crippen molar-refractivity contribution in [1.29, 1.82) is 0 Å². The van der Waals surface area contributed by atoms with Gasteiger partial charge in [-0.2, -0.15) is 13.2 Å². The molecule has 2 amide bonds. The van der Waals surface area contributed by atoms with Crippen LogP contribution in [0.25, 0.3) is 0 Å². The zero-order valence-corrected chi connectivity index (χ0v) is 13.0. The molecule has 0 unspecified atom stereocenters. The van der Waals surface area contributed by atoms with Gasteiger partial charge in [-0.15, -0.1) is 0 Å². The lowest BCUT2D eigenvalue weighted by Gasteiger charge is -2.26. The summed E-state index contributed by atoms with van der Waals surface area (Å²) in [5.74, 6) is 0. The third-order valence-electron chi connectivity index (χ3n) is 6.23. The van der Waals surface area contributed by atoms with Crippen molar-refractivity contribution in [2.45, 2.75) is 25.4 Å². The van der Waals surface area contributed by atoms with Crippen LogP contribution in [0.5, 0.6) is 0 Å². The minimum absolute atomic E-state index is 0.0347. The first-order valence-electron chi connectivity index (χ1n) is 8.20. The van der Waals surface area contributed by atoms with Crippen LogP contribution in [0.1, 0.15) is 19.3 Å². The molecule has 1 spiro atoms. The van der Waals surface area contributed by atoms with Crippen LogP contribution in [0.15, 0.2) is 0 Å². The van der Waals surface area contributed by atoms with Gasteiger partial charge in [0, 0.05) is 43.6 Å². The third kappa shape index (κ3) is 2.33. The number of rotatable bonds is 2. The summed E-state index contributed by atoms with van der Waals surface area (Å²) in [5, 5.41) is 5.60. The highest BCUT2D eigenvalue weighted by molar-refractivity contribution is 5.74. The van der Waals surface area contributed by atoms with Crippen molar-refractivity contribution < 1.29 is 22.7 Å². The predicted octanol–water partition coefficient (Wildman–Crippen LogP) is 1.35. The summed E-state index contributed by atoms with van der Waals surface area (Å²) in [7, 11) is 0. The molecule has 4 rings (SSSR count). The van der Waals surface area contributed by atoms with E-state index in [4.69, 9.17) is 4.74 Å². The SMILES string of the molecule is O=C(NC[C@]12CNC[C@@]1(C(F)(F)F)C2)N1CCOCC2(CC2)C1. The smallest absolute Gasteiger partial charge is 0.379 e. The van der Waals surface area contributed by atoms with Crippen LogP contribution in [0, 0.1) is 16.2 Å². The Labute approximate surface area is 132 Å². The Morgan fingerprint density at radius 2 is 2.09 bits per heavy atom. The van der Waals surface area contributed by atoms with Crippen LogP contribution in [-0.2, 0) is 4.74 Å². The van der Waals surface area contributed by atoms with E-state index in [-0.39, 0.29) is 31.0 Å². The summed E-state index contributed by atoms with van der Waals surface area (Å²) >= 11 is 0. The van der Waals surface area contributed by atoms with E-state index >= 15 is 0 Å². The first-order valence-corrected chi connectivity index (χ1v) is 8.20. The number of nitrogens with zero attached hydrogens (tertiary/aromatic N) is 1. The molecule has 2 heterocycles. The first kappa shape index (κ1) is 15.5. The number of fused-ring (bicyclic) bond motifs is 1. The number of amides is 2. The van der Waals surface area contributed by atoms with Crippen molar-refractivity contribution >= 4 is 6.03 Å². The normalized spacial score (nSPS) is 38.1. The maximum atomic E-state index is 13.3. The lowest BCUT2D eigenvalue weighted by molar-refractivity contribution is -0.190. The predicted molar refractivity (Wildman–Crippen MR) is 75.9 cm³/mol. The summed E-state index contributed by atoms with van der Waals surface area (Å²) in [4.78, 5) is 14.1. The van der Waals surface area contributed by atoms with E-state index in [1.165, 1.54) is 0 Å². The van der Waals surface area contributed by atoms with Crippen molar-refractivity contribution in [1.82, 2.24) is 15.5 Å². The van der Waals surface area contributed by atoms with Gasteiger partial charge in [-0.1, -0.05) is 0 Å². The van der Waals surface area contributed by atoms with Crippen molar-refractivity contribution in [3.05, 3.63) is 0 Å². The van der Waals surface area contributed by atoms with E-state index in [9.17, 15) is 18.0 Å². The number of piperidine rings is 1. The fourth-order valence-electron chi connectivity index (χ4n) is 4.33. The van der Waals surface area contributed by atoms with Gasteiger partial charge in [0.2, 0.25) is 0 Å². The average molecular weight is 333 g/mol. The summed E-state index contributed by atoms with van der Waals surface area (Å²) in [6.45, 7) is 2.70. The Morgan fingerprint density at radius 3 is 2.74 bits per heavy atom. The number of alkyl halides is 3. The molecule has 2 saturated heterocycles. The quantitative estimate of drug-likeness (QED) is 0.802. The Balaban J connectivity index is 1.37. The van der Waals surface area contributed by atoms with Crippen molar-refractivity contribution in [3.8, 4) is 0 Å². The van der Waals surface area contributed by atoms with Crippen LogP contribution >= 0.6 is 0 Å². The number of carbonyl (C=O) groups excluding carboxylic acids is 1. The van der Waals surface area contributed by atoms with E-state index in [1.807, 2.05) is 0 Å². The van der Waals surface area contributed by atoms with Crippen molar-refractivity contribution in [2.75, 3.05) is 45.9 Å². The first-order chi connectivity index (χ1) is 10.8. The molecule has 0 radical (unpaired) electrons. The van der Waals surface area contributed by atoms with Gasteiger partial charge in [-0.3, -0.25) is 0 Å². The van der Waals surface area contributed by atoms with Gasteiger partial charge < -0.3 is 20.3 Å². The molecule has 2 N–H and O–H groups in total. The summed E-state index contributed by atoms with van der Waals surface area (Å²) in [5.41, 5.74) is -2.41. The third-order valence-corrected chi connectivity index (χ3v) is 6.23. The Hall–Kier alpha value is -1.02. The Bertz CT molecular complexity index is 523. The van der Waals surface area contributed by atoms with Crippen molar-refractivity contribution in [3.63, 3.8) is 0 Å². The minimum atomic E-state index is -4.21. The lowest BCUT2D eigenvalue weighted by atomic mass is 9.95. The average Bonchev–Trinajstić information content (AvgIpc) is 3.38. The highest BCUT2D eigenvalue weighted by Gasteiger charge is 2.81. The van der Waals surface area contributed by atoms with Gasteiger partial charge in [0.15, 0.2) is 0 Å². The highest BCUT2D eigenvalue weighted by atomic mass is 19.4. The van der Waals surface area contributed by atoms with Gasteiger partial charge in [-0.05, 0) is 19.3 Å². The standard InChI is InChI=1S/C15H22F3N3O2/c16-15(17,18)14-5-13(14,6-19-8-14)7-20-11(22)21-3-4-23-10-12(9-21)1-2-12/h19H,1-10H2,(H,20,22)/t13-,14-/m0/s1. The monoisotopic (exact) mass is 333 g/mol. The fraction of sp³-hybridized carbons (Fsp3) is 0.933. The number of ether oxygens (including phenoxy) is 1. The molecule has 4 aliphatic rings. The number of urea groups is 1. The molecule has 2 aliphatic heterocycles.